The van der Waals surface area contributed by atoms with Crippen molar-refractivity contribution in [3.05, 3.63) is 18.2 Å². The van der Waals surface area contributed by atoms with Crippen molar-refractivity contribution in [2.75, 3.05) is 45.3 Å². The largest absolute Gasteiger partial charge is 0.497 e. The van der Waals surface area contributed by atoms with E-state index >= 15 is 0 Å². The highest BCUT2D eigenvalue weighted by atomic mass is 16.5. The summed E-state index contributed by atoms with van der Waals surface area (Å²) in [7, 11) is 3.17. The molecule has 3 saturated heterocycles. The van der Waals surface area contributed by atoms with E-state index in [0.717, 1.165) is 0 Å². The molecule has 0 saturated carbocycles. The highest BCUT2D eigenvalue weighted by Crippen LogP contribution is 2.36. The van der Waals surface area contributed by atoms with Crippen molar-refractivity contribution >= 4 is 17.5 Å². The van der Waals surface area contributed by atoms with Crippen molar-refractivity contribution < 1.29 is 19.1 Å². The van der Waals surface area contributed by atoms with Crippen LogP contribution in [0.3, 0.4) is 0 Å². The fraction of sp³-hybridized carbons (Fsp3) is 0.652. The molecule has 164 valence electrons. The van der Waals surface area contributed by atoms with Crippen molar-refractivity contribution in [3.63, 3.8) is 0 Å². The minimum Gasteiger partial charge on any atom is -0.497 e. The quantitative estimate of drug-likeness (QED) is 0.773. The molecule has 0 aliphatic carbocycles. The molecule has 1 N–H and O–H groups in total. The van der Waals surface area contributed by atoms with E-state index in [4.69, 9.17) is 9.47 Å². The van der Waals surface area contributed by atoms with E-state index in [2.05, 4.69) is 10.2 Å². The average Bonchev–Trinajstić information content (AvgIpc) is 3.18. The van der Waals surface area contributed by atoms with Gasteiger partial charge in [-0.05, 0) is 56.8 Å². The number of methoxy groups -OCH3 is 2. The van der Waals surface area contributed by atoms with Gasteiger partial charge in [0.2, 0.25) is 11.8 Å². The number of carbonyl (C=O) groups is 2. The van der Waals surface area contributed by atoms with Crippen LogP contribution in [0.1, 0.15) is 38.5 Å². The second-order valence-corrected chi connectivity index (χ2v) is 8.69. The summed E-state index contributed by atoms with van der Waals surface area (Å²) in [5, 5.41) is 3.17. The zero-order chi connectivity index (χ0) is 21.1. The average molecular weight is 416 g/mol. The minimum absolute atomic E-state index is 0.0133. The molecule has 0 radical (unpaired) electrons. The number of nitrogens with one attached hydrogen (secondary N) is 1. The molecular weight excluding hydrogens is 382 g/mol. The fourth-order valence-electron chi connectivity index (χ4n) is 5.32. The first-order chi connectivity index (χ1) is 14.6. The van der Waals surface area contributed by atoms with Gasteiger partial charge in [-0.2, -0.15) is 0 Å². The molecule has 7 heteroatoms. The van der Waals surface area contributed by atoms with Gasteiger partial charge >= 0.3 is 0 Å². The standard InChI is InChI=1S/C23H33N3O4/c1-29-18-8-9-21(30-2)20(13-18)26-15-17(12-22(26)27)23(28)24-14-16-6-5-11-25-10-4-3-7-19(16)25/h8-9,13,16-17,19H,3-7,10-12,14-15H2,1-2H3,(H,24,28)/t16-,17?,19+/m0/s1. The maximum absolute atomic E-state index is 12.9. The summed E-state index contributed by atoms with van der Waals surface area (Å²) in [6, 6.07) is 5.98. The van der Waals surface area contributed by atoms with Crippen molar-refractivity contribution in [1.29, 1.82) is 0 Å². The predicted octanol–water partition coefficient (Wildman–Crippen LogP) is 2.44. The van der Waals surface area contributed by atoms with Crippen molar-refractivity contribution in [1.82, 2.24) is 10.2 Å². The van der Waals surface area contributed by atoms with Crippen LogP contribution in [0, 0.1) is 11.8 Å². The Bertz CT molecular complexity index is 782. The number of anilines is 1. The van der Waals surface area contributed by atoms with Crippen LogP contribution >= 0.6 is 0 Å². The molecule has 1 aromatic carbocycles. The van der Waals surface area contributed by atoms with Gasteiger partial charge in [0.25, 0.3) is 0 Å². The summed E-state index contributed by atoms with van der Waals surface area (Å²) in [5.74, 6) is 1.37. The van der Waals surface area contributed by atoms with Crippen LogP contribution in [0.2, 0.25) is 0 Å². The molecule has 0 aromatic heterocycles. The van der Waals surface area contributed by atoms with Crippen molar-refractivity contribution in [2.45, 2.75) is 44.6 Å². The molecule has 30 heavy (non-hydrogen) atoms. The fourth-order valence-corrected chi connectivity index (χ4v) is 5.32. The lowest BCUT2D eigenvalue weighted by molar-refractivity contribution is -0.126. The Morgan fingerprint density at radius 2 is 1.97 bits per heavy atom. The van der Waals surface area contributed by atoms with Gasteiger partial charge in [0.05, 0.1) is 25.8 Å². The maximum atomic E-state index is 12.9. The number of fused-ring (bicyclic) bond motifs is 1. The number of piperidine rings is 2. The van der Waals surface area contributed by atoms with Crippen LogP contribution in [-0.2, 0) is 9.59 Å². The number of hydrogen-bond acceptors (Lipinski definition) is 5. The molecule has 0 bridgehead atoms. The molecule has 3 aliphatic heterocycles. The smallest absolute Gasteiger partial charge is 0.227 e. The lowest BCUT2D eigenvalue weighted by atomic mass is 9.83. The van der Waals surface area contributed by atoms with Gasteiger partial charge in [-0.3, -0.25) is 9.59 Å². The first kappa shape index (κ1) is 21.0. The number of amides is 2. The molecule has 3 heterocycles. The van der Waals surface area contributed by atoms with Crippen molar-refractivity contribution in [2.24, 2.45) is 11.8 Å². The molecule has 3 fully saturated rings. The molecule has 0 spiro atoms. The Balaban J connectivity index is 1.37. The molecule has 7 nitrogen and oxygen atoms in total. The summed E-state index contributed by atoms with van der Waals surface area (Å²) in [6.07, 6.45) is 6.45. The summed E-state index contributed by atoms with van der Waals surface area (Å²) in [5.41, 5.74) is 0.655. The lowest BCUT2D eigenvalue weighted by Crippen LogP contribution is -2.51. The Hall–Kier alpha value is -2.28. The Kier molecular flexibility index (Phi) is 6.46. The molecule has 2 amide bonds. The number of rotatable bonds is 6. The van der Waals surface area contributed by atoms with Crippen LogP contribution in [0.5, 0.6) is 11.5 Å². The Labute approximate surface area is 178 Å². The topological polar surface area (TPSA) is 71.1 Å². The highest BCUT2D eigenvalue weighted by Gasteiger charge is 2.38. The minimum atomic E-state index is -0.334. The van der Waals surface area contributed by atoms with E-state index in [1.54, 1.807) is 37.3 Å². The van der Waals surface area contributed by atoms with Gasteiger partial charge in [-0.25, -0.2) is 0 Å². The molecule has 1 aromatic rings. The molecule has 1 unspecified atom stereocenters. The Morgan fingerprint density at radius 1 is 1.13 bits per heavy atom. The summed E-state index contributed by atoms with van der Waals surface area (Å²) in [6.45, 7) is 3.48. The van der Waals surface area contributed by atoms with Gasteiger partial charge in [-0.1, -0.05) is 6.42 Å². The van der Waals surface area contributed by atoms with Crippen molar-refractivity contribution in [3.8, 4) is 11.5 Å². The van der Waals surface area contributed by atoms with Gasteiger partial charge in [-0.15, -0.1) is 0 Å². The SMILES string of the molecule is COc1ccc(OC)c(N2CC(C(=O)NC[C@@H]3CCCN4CCCC[C@H]34)CC2=O)c1. The molecule has 3 aliphatic rings. The van der Waals surface area contributed by atoms with Gasteiger partial charge in [0, 0.05) is 31.6 Å². The molecule has 3 atom stereocenters. The van der Waals surface area contributed by atoms with Gasteiger partial charge < -0.3 is 24.6 Å². The van der Waals surface area contributed by atoms with Crippen LogP contribution in [0.15, 0.2) is 18.2 Å². The maximum Gasteiger partial charge on any atom is 0.227 e. The van der Waals surface area contributed by atoms with Crippen LogP contribution in [0.4, 0.5) is 5.69 Å². The van der Waals surface area contributed by atoms with E-state index in [1.165, 1.54) is 45.2 Å². The molecule has 4 rings (SSSR count). The summed E-state index contributed by atoms with van der Waals surface area (Å²) in [4.78, 5) is 29.8. The molecular formula is C23H33N3O4. The number of hydrogen-bond donors (Lipinski definition) is 1. The predicted molar refractivity (Wildman–Crippen MR) is 115 cm³/mol. The zero-order valence-corrected chi connectivity index (χ0v) is 18.1. The van der Waals surface area contributed by atoms with E-state index in [1.807, 2.05) is 0 Å². The third-order valence-corrected chi connectivity index (χ3v) is 6.94. The number of ether oxygens (including phenoxy) is 2. The van der Waals surface area contributed by atoms with Crippen LogP contribution in [0.25, 0.3) is 0 Å². The Morgan fingerprint density at radius 3 is 2.77 bits per heavy atom. The number of nitrogens with zero attached hydrogens (tertiary/aromatic N) is 2. The number of carbonyl (C=O) groups excluding carboxylic acids is 2. The van der Waals surface area contributed by atoms with E-state index in [-0.39, 0.29) is 24.2 Å². The summed E-state index contributed by atoms with van der Waals surface area (Å²) >= 11 is 0. The van der Waals surface area contributed by atoms with Crippen LogP contribution in [-0.4, -0.2) is 63.2 Å². The second-order valence-electron chi connectivity index (χ2n) is 8.69. The normalized spacial score (nSPS) is 26.9. The number of benzene rings is 1. The monoisotopic (exact) mass is 415 g/mol. The van der Waals surface area contributed by atoms with Gasteiger partial charge in [0.1, 0.15) is 11.5 Å². The second kappa shape index (κ2) is 9.25. The van der Waals surface area contributed by atoms with Gasteiger partial charge in [0.15, 0.2) is 0 Å². The highest BCUT2D eigenvalue weighted by molar-refractivity contribution is 6.01. The lowest BCUT2D eigenvalue weighted by Gasteiger charge is -2.44. The van der Waals surface area contributed by atoms with E-state index in [9.17, 15) is 9.59 Å². The zero-order valence-electron chi connectivity index (χ0n) is 18.1. The third kappa shape index (κ3) is 4.26. The van der Waals surface area contributed by atoms with Crippen LogP contribution < -0.4 is 19.7 Å². The first-order valence-corrected chi connectivity index (χ1v) is 11.1. The van der Waals surface area contributed by atoms with E-state index < -0.39 is 0 Å². The summed E-state index contributed by atoms with van der Waals surface area (Å²) < 4.78 is 10.7. The first-order valence-electron chi connectivity index (χ1n) is 11.1. The van der Waals surface area contributed by atoms with E-state index in [0.29, 0.717) is 42.2 Å². The third-order valence-electron chi connectivity index (χ3n) is 6.94.